The van der Waals surface area contributed by atoms with Gasteiger partial charge in [0.05, 0.1) is 23.4 Å². The molecule has 2 N–H and O–H groups in total. The van der Waals surface area contributed by atoms with Gasteiger partial charge in [0.2, 0.25) is 11.8 Å². The van der Waals surface area contributed by atoms with Crippen LogP contribution in [0.1, 0.15) is 13.3 Å². The van der Waals surface area contributed by atoms with Gasteiger partial charge in [0.15, 0.2) is 9.84 Å². The second-order valence-electron chi connectivity index (χ2n) is 6.70. The fourth-order valence-electron chi connectivity index (χ4n) is 2.72. The van der Waals surface area contributed by atoms with Crippen molar-refractivity contribution in [3.05, 3.63) is 42.5 Å². The molecule has 2 amide bonds. The third-order valence-corrected chi connectivity index (χ3v) is 7.52. The summed E-state index contributed by atoms with van der Waals surface area (Å²) in [6.07, 6.45) is -0.177. The summed E-state index contributed by atoms with van der Waals surface area (Å²) < 4.78 is 30.4. The number of methoxy groups -OCH3 is 1. The number of nitrogens with one attached hydrogen (secondary N) is 2. The average molecular weight is 435 g/mol. The first-order valence-electron chi connectivity index (χ1n) is 9.03. The van der Waals surface area contributed by atoms with Gasteiger partial charge < -0.3 is 15.4 Å². The summed E-state index contributed by atoms with van der Waals surface area (Å²) in [4.78, 5) is 25.1. The van der Waals surface area contributed by atoms with Gasteiger partial charge in [0, 0.05) is 28.7 Å². The van der Waals surface area contributed by atoms with Crippen LogP contribution in [0.2, 0.25) is 0 Å². The van der Waals surface area contributed by atoms with Crippen LogP contribution in [0.15, 0.2) is 52.3 Å². The number of carbonyl (C=O) groups excluding carboxylic acids is 2. The number of sulfone groups is 1. The van der Waals surface area contributed by atoms with Crippen LogP contribution in [0.25, 0.3) is 0 Å². The molecule has 0 aliphatic carbocycles. The lowest BCUT2D eigenvalue weighted by molar-refractivity contribution is -0.118. The van der Waals surface area contributed by atoms with Crippen LogP contribution in [0.4, 0.5) is 11.4 Å². The third kappa shape index (κ3) is 5.30. The van der Waals surface area contributed by atoms with E-state index in [1.165, 1.54) is 23.9 Å². The normalized spacial score (nSPS) is 16.3. The molecule has 2 aromatic carbocycles. The predicted molar refractivity (Wildman–Crippen MR) is 113 cm³/mol. The van der Waals surface area contributed by atoms with Crippen molar-refractivity contribution in [2.45, 2.75) is 23.1 Å². The fraction of sp³-hybridized carbons (Fsp3) is 0.300. The number of anilines is 2. The molecule has 29 heavy (non-hydrogen) atoms. The Morgan fingerprint density at radius 1 is 1.24 bits per heavy atom. The molecule has 154 valence electrons. The predicted octanol–water partition coefficient (Wildman–Crippen LogP) is 3.18. The average Bonchev–Trinajstić information content (AvgIpc) is 2.85. The summed E-state index contributed by atoms with van der Waals surface area (Å²) >= 11 is 1.51. The zero-order valence-corrected chi connectivity index (χ0v) is 17.7. The van der Waals surface area contributed by atoms with Crippen LogP contribution < -0.4 is 15.4 Å². The maximum Gasteiger partial charge on any atom is 0.228 e. The molecule has 1 aliphatic rings. The number of carbonyl (C=O) groups is 2. The van der Waals surface area contributed by atoms with E-state index in [0.717, 1.165) is 4.90 Å². The molecular formula is C20H22N2O5S2. The topological polar surface area (TPSA) is 102 Å². The van der Waals surface area contributed by atoms with E-state index in [0.29, 0.717) is 22.9 Å². The molecule has 7 nitrogen and oxygen atoms in total. The Balaban J connectivity index is 1.65. The van der Waals surface area contributed by atoms with Gasteiger partial charge in [0.25, 0.3) is 0 Å². The molecule has 0 radical (unpaired) electrons. The van der Waals surface area contributed by atoms with Gasteiger partial charge in [-0.3, -0.25) is 9.59 Å². The van der Waals surface area contributed by atoms with Gasteiger partial charge in [-0.25, -0.2) is 8.42 Å². The number of hydrogen-bond acceptors (Lipinski definition) is 6. The number of amides is 2. The molecule has 3 rings (SSSR count). The Morgan fingerprint density at radius 3 is 2.66 bits per heavy atom. The van der Waals surface area contributed by atoms with Crippen molar-refractivity contribution >= 4 is 44.8 Å². The minimum Gasteiger partial charge on any atom is -0.497 e. The van der Waals surface area contributed by atoms with Crippen molar-refractivity contribution in [1.82, 2.24) is 0 Å². The SMILES string of the molecule is COc1ccc(NC(=O)CCS(=O)(=O)c2ccc3c(c2)NC(=O)C(C)CS3)cc1. The van der Waals surface area contributed by atoms with Crippen molar-refractivity contribution in [1.29, 1.82) is 0 Å². The lowest BCUT2D eigenvalue weighted by Crippen LogP contribution is -2.20. The number of ether oxygens (including phenoxy) is 1. The molecule has 2 aromatic rings. The smallest absolute Gasteiger partial charge is 0.228 e. The highest BCUT2D eigenvalue weighted by atomic mass is 32.2. The Bertz CT molecular complexity index is 1020. The number of fused-ring (bicyclic) bond motifs is 1. The molecule has 1 unspecified atom stereocenters. The lowest BCUT2D eigenvalue weighted by Gasteiger charge is -2.10. The summed E-state index contributed by atoms with van der Waals surface area (Å²) in [6, 6.07) is 11.4. The summed E-state index contributed by atoms with van der Waals surface area (Å²) in [6.45, 7) is 1.83. The molecular weight excluding hydrogens is 412 g/mol. The molecule has 0 fully saturated rings. The maximum absolute atomic E-state index is 12.7. The fourth-order valence-corrected chi connectivity index (χ4v) is 4.99. The van der Waals surface area contributed by atoms with E-state index < -0.39 is 15.7 Å². The van der Waals surface area contributed by atoms with Crippen LogP contribution in [-0.2, 0) is 19.4 Å². The van der Waals surface area contributed by atoms with Gasteiger partial charge in [-0.1, -0.05) is 6.92 Å². The van der Waals surface area contributed by atoms with E-state index in [2.05, 4.69) is 10.6 Å². The van der Waals surface area contributed by atoms with Crippen LogP contribution >= 0.6 is 11.8 Å². The van der Waals surface area contributed by atoms with E-state index in [-0.39, 0.29) is 28.9 Å². The van der Waals surface area contributed by atoms with Crippen molar-refractivity contribution in [2.24, 2.45) is 5.92 Å². The Morgan fingerprint density at radius 2 is 1.97 bits per heavy atom. The van der Waals surface area contributed by atoms with Gasteiger partial charge in [-0.2, -0.15) is 0 Å². The van der Waals surface area contributed by atoms with Crippen LogP contribution in [0, 0.1) is 5.92 Å². The van der Waals surface area contributed by atoms with E-state index in [1.54, 1.807) is 37.4 Å². The number of rotatable bonds is 6. The van der Waals surface area contributed by atoms with Gasteiger partial charge in [-0.15, -0.1) is 11.8 Å². The Kier molecular flexibility index (Phi) is 6.49. The molecule has 9 heteroatoms. The zero-order chi connectivity index (χ0) is 21.0. The molecule has 0 aromatic heterocycles. The van der Waals surface area contributed by atoms with Crippen LogP contribution in [0.5, 0.6) is 5.75 Å². The number of benzene rings is 2. The van der Waals surface area contributed by atoms with E-state index in [1.807, 2.05) is 6.92 Å². The van der Waals surface area contributed by atoms with Crippen LogP contribution in [0.3, 0.4) is 0 Å². The van der Waals surface area contributed by atoms with Crippen molar-refractivity contribution in [3.63, 3.8) is 0 Å². The maximum atomic E-state index is 12.7. The molecule has 1 heterocycles. The van der Waals surface area contributed by atoms with E-state index in [4.69, 9.17) is 4.74 Å². The van der Waals surface area contributed by atoms with Gasteiger partial charge in [0.1, 0.15) is 5.75 Å². The second kappa shape index (κ2) is 8.87. The summed E-state index contributed by atoms with van der Waals surface area (Å²) in [5.74, 6) is 0.278. The molecule has 0 spiro atoms. The molecule has 0 bridgehead atoms. The first-order valence-corrected chi connectivity index (χ1v) is 11.7. The van der Waals surface area contributed by atoms with Gasteiger partial charge in [-0.05, 0) is 42.5 Å². The standard InChI is InChI=1S/C20H22N2O5S2/c1-13-12-28-18-8-7-16(11-17(18)22-20(13)24)29(25,26)10-9-19(23)21-14-3-5-15(27-2)6-4-14/h3-8,11,13H,9-10,12H2,1-2H3,(H,21,23)(H,22,24). The summed E-state index contributed by atoms with van der Waals surface area (Å²) in [5, 5.41) is 5.44. The van der Waals surface area contributed by atoms with Gasteiger partial charge >= 0.3 is 0 Å². The minimum absolute atomic E-state index is 0.0870. The monoisotopic (exact) mass is 434 g/mol. The number of thioether (sulfide) groups is 1. The lowest BCUT2D eigenvalue weighted by atomic mass is 10.2. The van der Waals surface area contributed by atoms with Crippen molar-refractivity contribution in [3.8, 4) is 5.75 Å². The highest BCUT2D eigenvalue weighted by Gasteiger charge is 2.23. The minimum atomic E-state index is -3.68. The number of hydrogen-bond donors (Lipinski definition) is 2. The first kappa shape index (κ1) is 21.2. The summed E-state index contributed by atoms with van der Waals surface area (Å²) in [7, 11) is -2.13. The molecule has 1 atom stereocenters. The van der Waals surface area contributed by atoms with Crippen molar-refractivity contribution in [2.75, 3.05) is 29.2 Å². The molecule has 1 aliphatic heterocycles. The van der Waals surface area contributed by atoms with Crippen molar-refractivity contribution < 1.29 is 22.7 Å². The quantitative estimate of drug-likeness (QED) is 0.724. The largest absolute Gasteiger partial charge is 0.497 e. The highest BCUT2D eigenvalue weighted by Crippen LogP contribution is 2.34. The Labute approximate surface area is 174 Å². The van der Waals surface area contributed by atoms with E-state index >= 15 is 0 Å². The Hall–Kier alpha value is -2.52. The van der Waals surface area contributed by atoms with E-state index in [9.17, 15) is 18.0 Å². The van der Waals surface area contributed by atoms with Crippen LogP contribution in [-0.4, -0.2) is 38.8 Å². The first-order chi connectivity index (χ1) is 13.8. The third-order valence-electron chi connectivity index (χ3n) is 4.48. The second-order valence-corrected chi connectivity index (χ2v) is 9.88. The zero-order valence-electron chi connectivity index (χ0n) is 16.1. The summed E-state index contributed by atoms with van der Waals surface area (Å²) in [5.41, 5.74) is 1.06. The molecule has 0 saturated carbocycles. The molecule has 0 saturated heterocycles. The highest BCUT2D eigenvalue weighted by molar-refractivity contribution is 7.99.